The van der Waals surface area contributed by atoms with Crippen LogP contribution in [0.4, 0.5) is 10.1 Å². The van der Waals surface area contributed by atoms with Crippen molar-refractivity contribution in [3.8, 4) is 11.3 Å². The maximum absolute atomic E-state index is 13.7. The predicted molar refractivity (Wildman–Crippen MR) is 164 cm³/mol. The highest BCUT2D eigenvalue weighted by molar-refractivity contribution is 7.80. The zero-order chi connectivity index (χ0) is 30.7. The lowest BCUT2D eigenvalue weighted by Gasteiger charge is -2.32. The summed E-state index contributed by atoms with van der Waals surface area (Å²) in [6.07, 6.45) is 1.83. The third-order valence-corrected chi connectivity index (χ3v) is 9.38. The van der Waals surface area contributed by atoms with Crippen LogP contribution < -0.4 is 15.1 Å². The SMILES string of the molecule is CNC(=O)c1c(-c2ccc(F)cc2)oc2cc(N(Cc3ccc(B4OC(C)(C)C(C)(C)O4)cc3)S(=O)[O-])c(C3CC3)cc12. The van der Waals surface area contributed by atoms with E-state index in [4.69, 9.17) is 13.7 Å². The van der Waals surface area contributed by atoms with Crippen LogP contribution in [-0.4, -0.2) is 40.0 Å². The number of carbonyl (C=O) groups is 1. The standard InChI is InChI=1S/C32H34BFN2O6S/c1-31(2)32(3,4)42-33(41-31)22-12-6-19(7-13-22)18-36(43(38)39)26-17-27-25(16-24(26)20-8-9-20)28(30(37)35-5)29(40-27)21-10-14-23(34)15-11-21/h6-7,10-17,20H,8-9,18H2,1-5H3,(H,35,37)(H,38,39)/p-1. The molecule has 1 aliphatic carbocycles. The first-order valence-electron chi connectivity index (χ1n) is 14.3. The van der Waals surface area contributed by atoms with Crippen LogP contribution in [0.25, 0.3) is 22.3 Å². The Bertz CT molecular complexity index is 1700. The van der Waals surface area contributed by atoms with Crippen LogP contribution in [0, 0.1) is 5.82 Å². The molecule has 8 nitrogen and oxygen atoms in total. The van der Waals surface area contributed by atoms with Gasteiger partial charge in [0.25, 0.3) is 5.91 Å². The van der Waals surface area contributed by atoms with Gasteiger partial charge in [-0.2, -0.15) is 0 Å². The molecule has 4 aromatic rings. The molecule has 2 aliphatic rings. The van der Waals surface area contributed by atoms with Gasteiger partial charge in [-0.3, -0.25) is 13.3 Å². The Morgan fingerprint density at radius 3 is 2.23 bits per heavy atom. The Balaban J connectivity index is 1.37. The molecule has 1 unspecified atom stereocenters. The van der Waals surface area contributed by atoms with E-state index in [2.05, 4.69) is 5.32 Å². The van der Waals surface area contributed by atoms with Crippen molar-refractivity contribution in [2.75, 3.05) is 11.4 Å². The van der Waals surface area contributed by atoms with Crippen molar-refractivity contribution in [2.24, 2.45) is 0 Å². The predicted octanol–water partition coefficient (Wildman–Crippen LogP) is 5.58. The highest BCUT2D eigenvalue weighted by Gasteiger charge is 2.51. The fraction of sp³-hybridized carbons (Fsp3) is 0.344. The van der Waals surface area contributed by atoms with Gasteiger partial charge in [-0.15, -0.1) is 0 Å². The third-order valence-electron chi connectivity index (χ3n) is 8.69. The van der Waals surface area contributed by atoms with E-state index in [1.807, 2.05) is 58.0 Å². The van der Waals surface area contributed by atoms with Crippen molar-refractivity contribution in [1.29, 1.82) is 0 Å². The number of amides is 1. The Morgan fingerprint density at radius 1 is 1.05 bits per heavy atom. The van der Waals surface area contributed by atoms with E-state index < -0.39 is 35.4 Å². The van der Waals surface area contributed by atoms with E-state index in [9.17, 15) is 17.9 Å². The summed E-state index contributed by atoms with van der Waals surface area (Å²) in [7, 11) is 1.02. The third kappa shape index (κ3) is 5.51. The van der Waals surface area contributed by atoms with Crippen LogP contribution >= 0.6 is 0 Å². The zero-order valence-electron chi connectivity index (χ0n) is 24.7. The summed E-state index contributed by atoms with van der Waals surface area (Å²) >= 11 is -2.60. The number of halogens is 1. The summed E-state index contributed by atoms with van der Waals surface area (Å²) in [5.74, 6) is -0.296. The number of fused-ring (bicyclic) bond motifs is 1. The van der Waals surface area contributed by atoms with Gasteiger partial charge in [0.2, 0.25) is 0 Å². The highest BCUT2D eigenvalue weighted by atomic mass is 32.2. The van der Waals surface area contributed by atoms with Crippen molar-refractivity contribution in [3.63, 3.8) is 0 Å². The second-order valence-corrected chi connectivity index (χ2v) is 13.0. The van der Waals surface area contributed by atoms with Crippen molar-refractivity contribution in [3.05, 3.63) is 83.2 Å². The smallest absolute Gasteiger partial charge is 0.494 e. The van der Waals surface area contributed by atoms with E-state index in [1.165, 1.54) is 23.5 Å². The number of carbonyl (C=O) groups excluding carboxylic acids is 1. The lowest BCUT2D eigenvalue weighted by atomic mass is 9.79. The van der Waals surface area contributed by atoms with Crippen LogP contribution in [0.2, 0.25) is 0 Å². The van der Waals surface area contributed by atoms with E-state index in [0.29, 0.717) is 33.5 Å². The summed E-state index contributed by atoms with van der Waals surface area (Å²) in [6.45, 7) is 8.08. The Morgan fingerprint density at radius 2 is 1.67 bits per heavy atom. The Hall–Kier alpha value is -3.51. The summed E-state index contributed by atoms with van der Waals surface area (Å²) in [5.41, 5.74) is 3.26. The topological polar surface area (TPSA) is 104 Å². The molecule has 1 aliphatic heterocycles. The van der Waals surface area contributed by atoms with Gasteiger partial charge in [0, 0.05) is 35.3 Å². The minimum atomic E-state index is -2.60. The molecule has 1 saturated carbocycles. The lowest BCUT2D eigenvalue weighted by Crippen LogP contribution is -2.41. The first-order valence-corrected chi connectivity index (χ1v) is 15.3. The fourth-order valence-electron chi connectivity index (χ4n) is 5.38. The van der Waals surface area contributed by atoms with Crippen LogP contribution in [0.1, 0.15) is 67.9 Å². The van der Waals surface area contributed by atoms with Gasteiger partial charge in [-0.25, -0.2) is 4.39 Å². The van der Waals surface area contributed by atoms with Gasteiger partial charge >= 0.3 is 7.12 Å². The first-order chi connectivity index (χ1) is 20.4. The quantitative estimate of drug-likeness (QED) is 0.209. The number of hydrogen-bond donors (Lipinski definition) is 1. The Labute approximate surface area is 253 Å². The van der Waals surface area contributed by atoms with Gasteiger partial charge < -0.3 is 23.6 Å². The molecule has 0 radical (unpaired) electrons. The van der Waals surface area contributed by atoms with Crippen LogP contribution in [-0.2, 0) is 27.1 Å². The summed E-state index contributed by atoms with van der Waals surface area (Å²) in [4.78, 5) is 13.0. The second kappa shape index (κ2) is 10.9. The molecule has 224 valence electrons. The zero-order valence-corrected chi connectivity index (χ0v) is 25.5. The van der Waals surface area contributed by atoms with Crippen molar-refractivity contribution < 1.29 is 31.7 Å². The van der Waals surface area contributed by atoms with Crippen molar-refractivity contribution in [1.82, 2.24) is 5.32 Å². The molecule has 43 heavy (non-hydrogen) atoms. The molecule has 6 rings (SSSR count). The summed E-state index contributed by atoms with van der Waals surface area (Å²) in [6, 6.07) is 16.8. The molecule has 1 amide bonds. The largest absolute Gasteiger partial charge is 0.755 e. The van der Waals surface area contributed by atoms with Crippen molar-refractivity contribution in [2.45, 2.75) is 64.2 Å². The van der Waals surface area contributed by atoms with Crippen LogP contribution in [0.3, 0.4) is 0 Å². The number of hydrogen-bond acceptors (Lipinski definition) is 6. The van der Waals surface area contributed by atoms with E-state index in [0.717, 1.165) is 29.4 Å². The van der Waals surface area contributed by atoms with E-state index in [-0.39, 0.29) is 18.4 Å². The van der Waals surface area contributed by atoms with Gasteiger partial charge in [-0.05, 0) is 93.4 Å². The number of nitrogens with one attached hydrogen (secondary N) is 1. The average molecular weight is 604 g/mol. The molecule has 3 aromatic carbocycles. The minimum absolute atomic E-state index is 0.0960. The number of anilines is 1. The molecular weight excluding hydrogens is 570 g/mol. The van der Waals surface area contributed by atoms with Gasteiger partial charge in [0.05, 0.1) is 29.0 Å². The molecule has 1 aromatic heterocycles. The molecule has 2 heterocycles. The van der Waals surface area contributed by atoms with E-state index in [1.54, 1.807) is 18.2 Å². The van der Waals surface area contributed by atoms with Crippen LogP contribution in [0.5, 0.6) is 0 Å². The molecule has 2 fully saturated rings. The number of furan rings is 1. The number of rotatable bonds is 8. The summed E-state index contributed by atoms with van der Waals surface area (Å²) < 4.78 is 58.8. The highest BCUT2D eigenvalue weighted by Crippen LogP contribution is 2.48. The molecule has 1 N–H and O–H groups in total. The molecule has 11 heteroatoms. The normalized spacial score (nSPS) is 18.2. The molecule has 1 saturated heterocycles. The van der Waals surface area contributed by atoms with Crippen molar-refractivity contribution >= 4 is 46.4 Å². The van der Waals surface area contributed by atoms with Gasteiger partial charge in [-0.1, -0.05) is 24.3 Å². The maximum atomic E-state index is 13.7. The number of nitrogens with zero attached hydrogens (tertiary/aromatic N) is 1. The van der Waals surface area contributed by atoms with E-state index >= 15 is 0 Å². The summed E-state index contributed by atoms with van der Waals surface area (Å²) in [5, 5.41) is 3.24. The molecular formula is C32H33BFN2O6S-. The van der Waals surface area contributed by atoms with Crippen LogP contribution in [0.15, 0.2) is 65.1 Å². The molecule has 0 spiro atoms. The fourth-order valence-corrected chi connectivity index (χ4v) is 5.96. The second-order valence-electron chi connectivity index (χ2n) is 12.2. The first kappa shape index (κ1) is 29.6. The average Bonchev–Trinajstić information content (AvgIpc) is 3.70. The molecule has 0 bridgehead atoms. The lowest BCUT2D eigenvalue weighted by molar-refractivity contribution is 0.00578. The monoisotopic (exact) mass is 603 g/mol. The number of benzene rings is 3. The Kier molecular flexibility index (Phi) is 7.49. The molecule has 1 atom stereocenters. The van der Waals surface area contributed by atoms with Gasteiger partial charge in [0.15, 0.2) is 0 Å². The minimum Gasteiger partial charge on any atom is -0.755 e. The maximum Gasteiger partial charge on any atom is 0.494 e. The van der Waals surface area contributed by atoms with Gasteiger partial charge in [0.1, 0.15) is 17.2 Å².